The molecule has 0 unspecified atom stereocenters. The van der Waals surface area contributed by atoms with E-state index in [1.54, 1.807) is 0 Å². The van der Waals surface area contributed by atoms with Crippen molar-refractivity contribution in [1.29, 1.82) is 0 Å². The molecule has 0 aliphatic heterocycles. The molecule has 0 N–H and O–H groups in total. The molecule has 0 saturated heterocycles. The second kappa shape index (κ2) is 17.5. The maximum absolute atomic E-state index is 11.5. The summed E-state index contributed by atoms with van der Waals surface area (Å²) in [5.41, 5.74) is 0.476. The van der Waals surface area contributed by atoms with E-state index in [1.165, 1.54) is 68.9 Å². The van der Waals surface area contributed by atoms with Crippen molar-refractivity contribution in [3.8, 4) is 11.5 Å². The molecule has 2 aromatic rings. The number of hydrogen-bond donors (Lipinski definition) is 0. The average molecular weight is 543 g/mol. The van der Waals surface area contributed by atoms with Crippen LogP contribution in [-0.2, 0) is 26.7 Å². The van der Waals surface area contributed by atoms with Gasteiger partial charge in [0.15, 0.2) is 0 Å². The summed E-state index contributed by atoms with van der Waals surface area (Å²) >= 11 is 0. The van der Waals surface area contributed by atoms with Crippen molar-refractivity contribution in [2.75, 3.05) is 0 Å². The van der Waals surface area contributed by atoms with E-state index in [0.29, 0.717) is 12.0 Å². The van der Waals surface area contributed by atoms with E-state index in [-0.39, 0.29) is 75.5 Å². The van der Waals surface area contributed by atoms with Crippen LogP contribution in [0.25, 0.3) is 0 Å². The third kappa shape index (κ3) is 12.9. The zero-order valence-corrected chi connectivity index (χ0v) is 26.6. The van der Waals surface area contributed by atoms with Gasteiger partial charge in [0.25, 0.3) is 0 Å². The van der Waals surface area contributed by atoms with Crippen LogP contribution in [0.15, 0.2) is 52.3 Å². The van der Waals surface area contributed by atoms with Gasteiger partial charge in [0.1, 0.15) is 31.7 Å². The van der Waals surface area contributed by atoms with Gasteiger partial charge in [0.05, 0.1) is 9.79 Å². The van der Waals surface area contributed by atoms with Gasteiger partial charge in [-0.25, -0.2) is 16.8 Å². The molecule has 0 bridgehead atoms. The first-order chi connectivity index (χ1) is 15.6. The number of hydrogen-bond acceptors (Lipinski definition) is 7. The molecule has 7 nitrogen and oxygen atoms in total. The van der Waals surface area contributed by atoms with E-state index in [4.69, 9.17) is 4.74 Å². The predicted octanol–water partition coefficient (Wildman–Crippen LogP) is -0.241. The standard InChI is InChI=1S/C24H34O7S2.2Na/c1-2-3-4-5-6-7-8-9-10-11-14-20-19-21(32(25,26)27)17-18-22(20)31-23-15-12-13-16-24(23)33(28,29)30;;/h12-13,15-19H,2-11,14H2,1H3,(H,25,26,27)(H,28,29,30);;/q;2*+1/p-2. The monoisotopic (exact) mass is 542 g/mol. The Morgan fingerprint density at radius 1 is 0.686 bits per heavy atom. The van der Waals surface area contributed by atoms with Gasteiger partial charge in [-0.15, -0.1) is 0 Å². The SMILES string of the molecule is CCCCCCCCCCCCc1cc(S(=O)(=O)[O-])ccc1Oc1ccccc1S(=O)(=O)[O-].[Na+].[Na+]. The molecule has 0 atom stereocenters. The fraction of sp³-hybridized carbons (Fsp3) is 0.500. The van der Waals surface area contributed by atoms with Gasteiger partial charge in [-0.05, 0) is 48.7 Å². The number of benzene rings is 2. The summed E-state index contributed by atoms with van der Waals surface area (Å²) in [5.74, 6) is 0.0731. The molecule has 0 aliphatic rings. The Morgan fingerprint density at radius 2 is 1.23 bits per heavy atom. The number of rotatable bonds is 15. The third-order valence-corrected chi connectivity index (χ3v) is 7.17. The molecule has 2 aromatic carbocycles. The van der Waals surface area contributed by atoms with Crippen LogP contribution >= 0.6 is 0 Å². The van der Waals surface area contributed by atoms with Crippen molar-refractivity contribution < 1.29 is 89.8 Å². The van der Waals surface area contributed by atoms with E-state index >= 15 is 0 Å². The molecule has 0 spiro atoms. The van der Waals surface area contributed by atoms with Crippen molar-refractivity contribution in [2.24, 2.45) is 0 Å². The first-order valence-electron chi connectivity index (χ1n) is 11.4. The van der Waals surface area contributed by atoms with Crippen molar-refractivity contribution in [2.45, 2.75) is 87.3 Å². The molecule has 2 rings (SSSR count). The molecule has 0 saturated carbocycles. The van der Waals surface area contributed by atoms with Crippen LogP contribution in [-0.4, -0.2) is 25.9 Å². The number of aryl methyl sites for hydroxylation is 1. The summed E-state index contributed by atoms with van der Waals surface area (Å²) in [7, 11) is -9.41. The van der Waals surface area contributed by atoms with Crippen LogP contribution in [0.4, 0.5) is 0 Å². The normalized spacial score (nSPS) is 11.4. The second-order valence-electron chi connectivity index (χ2n) is 8.16. The first-order valence-corrected chi connectivity index (χ1v) is 14.3. The van der Waals surface area contributed by atoms with Gasteiger partial charge in [0, 0.05) is 0 Å². The maximum Gasteiger partial charge on any atom is 1.00 e. The van der Waals surface area contributed by atoms with Crippen molar-refractivity contribution in [1.82, 2.24) is 0 Å². The van der Waals surface area contributed by atoms with Crippen molar-refractivity contribution in [3.05, 3.63) is 48.0 Å². The van der Waals surface area contributed by atoms with Gasteiger partial charge in [0.2, 0.25) is 0 Å². The van der Waals surface area contributed by atoms with Crippen LogP contribution < -0.4 is 63.9 Å². The van der Waals surface area contributed by atoms with Crippen LogP contribution in [0.5, 0.6) is 11.5 Å². The Balaban J connectivity index is 0.00000578. The molecule has 0 heterocycles. The van der Waals surface area contributed by atoms with E-state index in [0.717, 1.165) is 37.8 Å². The second-order valence-corrected chi connectivity index (χ2v) is 10.9. The van der Waals surface area contributed by atoms with E-state index in [2.05, 4.69) is 6.92 Å². The molecule has 0 radical (unpaired) electrons. The predicted molar refractivity (Wildman–Crippen MR) is 124 cm³/mol. The van der Waals surface area contributed by atoms with Crippen LogP contribution in [0.2, 0.25) is 0 Å². The quantitative estimate of drug-likeness (QED) is 0.173. The fourth-order valence-electron chi connectivity index (χ4n) is 3.67. The number of unbranched alkanes of at least 4 members (excludes halogenated alkanes) is 9. The summed E-state index contributed by atoms with van der Waals surface area (Å²) in [6.07, 6.45) is 11.9. The Bertz CT molecular complexity index is 1100. The van der Waals surface area contributed by atoms with Gasteiger partial charge < -0.3 is 13.8 Å². The van der Waals surface area contributed by atoms with E-state index < -0.39 is 25.1 Å². The summed E-state index contributed by atoms with van der Waals surface area (Å²) in [6, 6.07) is 9.15. The minimum absolute atomic E-state index is 0. The maximum atomic E-state index is 11.5. The third-order valence-electron chi connectivity index (χ3n) is 5.46. The molecule has 0 fully saturated rings. The fourth-order valence-corrected chi connectivity index (χ4v) is 4.79. The summed E-state index contributed by atoms with van der Waals surface area (Å²) < 4.78 is 74.7. The van der Waals surface area contributed by atoms with Crippen LogP contribution in [0, 0.1) is 0 Å². The van der Waals surface area contributed by atoms with E-state index in [9.17, 15) is 25.9 Å². The topological polar surface area (TPSA) is 124 Å². The zero-order valence-electron chi connectivity index (χ0n) is 21.0. The Kier molecular flexibility index (Phi) is 17.6. The van der Waals surface area contributed by atoms with Gasteiger partial charge in [-0.1, -0.05) is 76.8 Å². The Hall–Kier alpha value is 0.0600. The van der Waals surface area contributed by atoms with Gasteiger partial charge >= 0.3 is 59.1 Å². The van der Waals surface area contributed by atoms with E-state index in [1.807, 2.05) is 0 Å². The van der Waals surface area contributed by atoms with Crippen LogP contribution in [0.1, 0.15) is 76.7 Å². The Labute approximate surface area is 254 Å². The molecular formula is C24H32Na2O7S2. The molecule has 0 aromatic heterocycles. The molecular weight excluding hydrogens is 510 g/mol. The first kappa shape index (κ1) is 35.1. The molecule has 184 valence electrons. The van der Waals surface area contributed by atoms with Crippen LogP contribution in [0.3, 0.4) is 0 Å². The zero-order chi connectivity index (χ0) is 24.3. The summed E-state index contributed by atoms with van der Waals surface area (Å²) in [4.78, 5) is -0.878. The largest absolute Gasteiger partial charge is 1.00 e. The molecule has 35 heavy (non-hydrogen) atoms. The van der Waals surface area contributed by atoms with Crippen molar-refractivity contribution in [3.63, 3.8) is 0 Å². The summed E-state index contributed by atoms with van der Waals surface area (Å²) in [5, 5.41) is 0. The molecule has 0 amide bonds. The van der Waals surface area contributed by atoms with Gasteiger partial charge in [-0.3, -0.25) is 0 Å². The molecule has 0 aliphatic carbocycles. The number of ether oxygens (including phenoxy) is 1. The van der Waals surface area contributed by atoms with Crippen molar-refractivity contribution >= 4 is 20.2 Å². The Morgan fingerprint density at radius 3 is 1.77 bits per heavy atom. The smallest absolute Gasteiger partial charge is 0.744 e. The molecule has 11 heteroatoms. The number of para-hydroxylation sites is 1. The average Bonchev–Trinajstić information content (AvgIpc) is 2.75. The minimum Gasteiger partial charge on any atom is -0.744 e. The summed E-state index contributed by atoms with van der Waals surface area (Å²) in [6.45, 7) is 2.20. The van der Waals surface area contributed by atoms with Gasteiger partial charge in [-0.2, -0.15) is 0 Å². The minimum atomic E-state index is -4.76.